The summed E-state index contributed by atoms with van der Waals surface area (Å²) in [6.45, 7) is 4.22. The van der Waals surface area contributed by atoms with Crippen LogP contribution < -0.4 is 14.4 Å². The minimum atomic E-state index is -3.68. The number of anilines is 1. The average Bonchev–Trinajstić information content (AvgIpc) is 2.83. The minimum Gasteiger partial charge on any atom is -0.497 e. The zero-order chi connectivity index (χ0) is 24.0. The molecule has 0 unspecified atom stereocenters. The van der Waals surface area contributed by atoms with Crippen molar-refractivity contribution in [2.45, 2.75) is 31.2 Å². The highest BCUT2D eigenvalue weighted by atomic mass is 32.2. The third kappa shape index (κ3) is 5.93. The van der Waals surface area contributed by atoms with E-state index in [0.717, 1.165) is 17.7 Å². The summed E-state index contributed by atoms with van der Waals surface area (Å²) in [4.78, 5) is 13.2. The quantitative estimate of drug-likeness (QED) is 0.479. The second-order valence-electron chi connectivity index (χ2n) is 8.26. The summed E-state index contributed by atoms with van der Waals surface area (Å²) in [5, 5.41) is 3.11. The highest BCUT2D eigenvalue weighted by Gasteiger charge is 2.22. The van der Waals surface area contributed by atoms with Gasteiger partial charge in [0.15, 0.2) is 0 Å². The molecule has 0 fully saturated rings. The third-order valence-electron chi connectivity index (χ3n) is 5.43. The smallest absolute Gasteiger partial charge is 0.264 e. The van der Waals surface area contributed by atoms with Gasteiger partial charge < -0.3 is 10.1 Å². The molecule has 0 aliphatic rings. The van der Waals surface area contributed by atoms with Gasteiger partial charge in [0.05, 0.1) is 23.7 Å². The molecule has 0 heterocycles. The van der Waals surface area contributed by atoms with Crippen LogP contribution in [0.25, 0.3) is 0 Å². The number of rotatable bonds is 9. The predicted molar refractivity (Wildman–Crippen MR) is 131 cm³/mol. The van der Waals surface area contributed by atoms with Gasteiger partial charge in [-0.3, -0.25) is 9.10 Å². The molecule has 174 valence electrons. The van der Waals surface area contributed by atoms with Gasteiger partial charge in [0.25, 0.3) is 15.9 Å². The standard InChI is InChI=1S/C26H30N2O4S/c1-19(2)18-25(20-12-16-23(32-4)17-13-20)27-26(29)21-10-14-22(15-11-21)28(3)33(30,31)24-8-6-5-7-9-24/h5-17,19,25H,18H2,1-4H3,(H,27,29)/t25-/m0/s1. The van der Waals surface area contributed by atoms with E-state index in [1.807, 2.05) is 24.3 Å². The maximum atomic E-state index is 13.0. The van der Waals surface area contributed by atoms with Crippen LogP contribution in [0.15, 0.2) is 83.8 Å². The van der Waals surface area contributed by atoms with Crippen molar-refractivity contribution in [3.8, 4) is 5.75 Å². The van der Waals surface area contributed by atoms with E-state index in [1.165, 1.54) is 11.4 Å². The Hall–Kier alpha value is -3.32. The SMILES string of the molecule is COc1ccc([C@H](CC(C)C)NC(=O)c2ccc(N(C)S(=O)(=O)c3ccccc3)cc2)cc1. The zero-order valence-electron chi connectivity index (χ0n) is 19.4. The highest BCUT2D eigenvalue weighted by Crippen LogP contribution is 2.25. The fraction of sp³-hybridized carbons (Fsp3) is 0.269. The summed E-state index contributed by atoms with van der Waals surface area (Å²) in [6, 6.07) is 22.3. The molecular weight excluding hydrogens is 436 g/mol. The number of carbonyl (C=O) groups excluding carboxylic acids is 1. The zero-order valence-corrected chi connectivity index (χ0v) is 20.2. The number of hydrogen-bond donors (Lipinski definition) is 1. The van der Waals surface area contributed by atoms with Crippen molar-refractivity contribution in [1.82, 2.24) is 5.32 Å². The summed E-state index contributed by atoms with van der Waals surface area (Å²) < 4.78 is 32.1. The first-order chi connectivity index (χ1) is 15.7. The van der Waals surface area contributed by atoms with E-state index in [2.05, 4.69) is 19.2 Å². The second-order valence-corrected chi connectivity index (χ2v) is 10.2. The van der Waals surface area contributed by atoms with Gasteiger partial charge in [-0.15, -0.1) is 0 Å². The molecule has 1 N–H and O–H groups in total. The Kier molecular flexibility index (Phi) is 7.76. The van der Waals surface area contributed by atoms with Crippen molar-refractivity contribution in [2.24, 2.45) is 5.92 Å². The Balaban J connectivity index is 1.76. The Morgan fingerprint density at radius 1 is 0.939 bits per heavy atom. The van der Waals surface area contributed by atoms with Gasteiger partial charge in [0.1, 0.15) is 5.75 Å². The molecule has 0 radical (unpaired) electrons. The molecule has 3 rings (SSSR count). The van der Waals surface area contributed by atoms with Crippen LogP contribution in [0.4, 0.5) is 5.69 Å². The molecule has 0 saturated carbocycles. The summed E-state index contributed by atoms with van der Waals surface area (Å²) >= 11 is 0. The van der Waals surface area contributed by atoms with Gasteiger partial charge in [0, 0.05) is 12.6 Å². The Labute approximate surface area is 196 Å². The molecule has 3 aromatic rings. The van der Waals surface area contributed by atoms with Crippen molar-refractivity contribution in [3.05, 3.63) is 90.0 Å². The van der Waals surface area contributed by atoms with Crippen LogP contribution in [0, 0.1) is 5.92 Å². The maximum absolute atomic E-state index is 13.0. The molecular formula is C26H30N2O4S. The molecule has 3 aromatic carbocycles. The number of benzene rings is 3. The van der Waals surface area contributed by atoms with Crippen LogP contribution in [-0.4, -0.2) is 28.5 Å². The number of amides is 1. The van der Waals surface area contributed by atoms with Gasteiger partial charge in [-0.05, 0) is 66.4 Å². The van der Waals surface area contributed by atoms with E-state index in [1.54, 1.807) is 61.7 Å². The number of hydrogen-bond acceptors (Lipinski definition) is 4. The van der Waals surface area contributed by atoms with Gasteiger partial charge in [0.2, 0.25) is 0 Å². The van der Waals surface area contributed by atoms with E-state index >= 15 is 0 Å². The van der Waals surface area contributed by atoms with Crippen molar-refractivity contribution in [2.75, 3.05) is 18.5 Å². The van der Waals surface area contributed by atoms with E-state index in [0.29, 0.717) is 17.2 Å². The molecule has 7 heteroatoms. The number of nitrogens with zero attached hydrogens (tertiary/aromatic N) is 1. The Bertz CT molecular complexity index is 1160. The number of nitrogens with one attached hydrogen (secondary N) is 1. The lowest BCUT2D eigenvalue weighted by Gasteiger charge is -2.22. The predicted octanol–water partition coefficient (Wildman–Crippen LogP) is 5.04. The van der Waals surface area contributed by atoms with Gasteiger partial charge in [-0.1, -0.05) is 44.2 Å². The minimum absolute atomic E-state index is 0.149. The topological polar surface area (TPSA) is 75.7 Å². The van der Waals surface area contributed by atoms with Crippen molar-refractivity contribution < 1.29 is 17.9 Å². The van der Waals surface area contributed by atoms with Gasteiger partial charge in [-0.2, -0.15) is 0 Å². The lowest BCUT2D eigenvalue weighted by atomic mass is 9.96. The molecule has 0 aromatic heterocycles. The molecule has 6 nitrogen and oxygen atoms in total. The summed E-state index contributed by atoms with van der Waals surface area (Å²) in [6.07, 6.45) is 0.786. The Morgan fingerprint density at radius 2 is 1.55 bits per heavy atom. The molecule has 0 aliphatic heterocycles. The monoisotopic (exact) mass is 466 g/mol. The van der Waals surface area contributed by atoms with E-state index < -0.39 is 10.0 Å². The first-order valence-electron chi connectivity index (χ1n) is 10.8. The molecule has 0 bridgehead atoms. The van der Waals surface area contributed by atoms with Crippen LogP contribution >= 0.6 is 0 Å². The number of carbonyl (C=O) groups is 1. The number of ether oxygens (including phenoxy) is 1. The van der Waals surface area contributed by atoms with Crippen LogP contribution in [0.3, 0.4) is 0 Å². The molecule has 0 spiro atoms. The molecule has 0 saturated heterocycles. The van der Waals surface area contributed by atoms with Gasteiger partial charge in [-0.25, -0.2) is 8.42 Å². The second kappa shape index (κ2) is 10.5. The van der Waals surface area contributed by atoms with Crippen LogP contribution in [0.5, 0.6) is 5.75 Å². The fourth-order valence-corrected chi connectivity index (χ4v) is 4.76. The van der Waals surface area contributed by atoms with E-state index in [9.17, 15) is 13.2 Å². The van der Waals surface area contributed by atoms with Crippen molar-refractivity contribution >= 4 is 21.6 Å². The lowest BCUT2D eigenvalue weighted by molar-refractivity contribution is 0.0932. The first-order valence-corrected chi connectivity index (χ1v) is 12.2. The van der Waals surface area contributed by atoms with Crippen molar-refractivity contribution in [1.29, 1.82) is 0 Å². The molecule has 1 amide bonds. The largest absolute Gasteiger partial charge is 0.497 e. The van der Waals surface area contributed by atoms with E-state index in [4.69, 9.17) is 4.74 Å². The third-order valence-corrected chi connectivity index (χ3v) is 7.23. The highest BCUT2D eigenvalue weighted by molar-refractivity contribution is 7.92. The summed E-state index contributed by atoms with van der Waals surface area (Å²) in [5.41, 5.74) is 1.94. The normalized spacial score (nSPS) is 12.3. The first kappa shape index (κ1) is 24.3. The van der Waals surface area contributed by atoms with Crippen LogP contribution in [0.2, 0.25) is 0 Å². The van der Waals surface area contributed by atoms with Gasteiger partial charge >= 0.3 is 0 Å². The fourth-order valence-electron chi connectivity index (χ4n) is 3.54. The average molecular weight is 467 g/mol. The maximum Gasteiger partial charge on any atom is 0.264 e. The van der Waals surface area contributed by atoms with Crippen LogP contribution in [0.1, 0.15) is 42.2 Å². The van der Waals surface area contributed by atoms with Crippen molar-refractivity contribution in [3.63, 3.8) is 0 Å². The summed E-state index contributed by atoms with van der Waals surface area (Å²) in [7, 11) is -0.558. The number of sulfonamides is 1. The lowest BCUT2D eigenvalue weighted by Crippen LogP contribution is -2.30. The molecule has 33 heavy (non-hydrogen) atoms. The molecule has 0 aliphatic carbocycles. The number of methoxy groups -OCH3 is 1. The van der Waals surface area contributed by atoms with E-state index in [-0.39, 0.29) is 16.8 Å². The molecule has 1 atom stereocenters. The van der Waals surface area contributed by atoms with Crippen LogP contribution in [-0.2, 0) is 10.0 Å². The Morgan fingerprint density at radius 3 is 2.09 bits per heavy atom. The summed E-state index contributed by atoms with van der Waals surface area (Å²) in [5.74, 6) is 0.937.